The third kappa shape index (κ3) is 3.83. The van der Waals surface area contributed by atoms with Crippen molar-refractivity contribution in [2.45, 2.75) is 38.0 Å². The molecule has 2 N–H and O–H groups in total. The van der Waals surface area contributed by atoms with E-state index in [1.54, 1.807) is 29.2 Å². The van der Waals surface area contributed by atoms with E-state index in [1.165, 1.54) is 0 Å². The van der Waals surface area contributed by atoms with Crippen LogP contribution >= 0.6 is 0 Å². The molecule has 0 saturated carbocycles. The molecular formula is C29H26N2O3. The van der Waals surface area contributed by atoms with Crippen molar-refractivity contribution < 1.29 is 14.4 Å². The van der Waals surface area contributed by atoms with Crippen LogP contribution in [0.3, 0.4) is 0 Å². The Labute approximate surface area is 198 Å². The van der Waals surface area contributed by atoms with Gasteiger partial charge >= 0.3 is 0 Å². The van der Waals surface area contributed by atoms with Crippen molar-refractivity contribution >= 4 is 23.3 Å². The van der Waals surface area contributed by atoms with Gasteiger partial charge in [0.25, 0.3) is 5.91 Å². The van der Waals surface area contributed by atoms with Crippen molar-refractivity contribution in [3.63, 3.8) is 0 Å². The number of allylic oxidation sites excluding steroid dienone is 2. The van der Waals surface area contributed by atoms with Gasteiger partial charge in [0.1, 0.15) is 0 Å². The van der Waals surface area contributed by atoms with E-state index in [-0.39, 0.29) is 35.5 Å². The number of nitrogens with two attached hydrogens (primary N) is 1. The van der Waals surface area contributed by atoms with Crippen LogP contribution in [0.4, 0.5) is 5.69 Å². The van der Waals surface area contributed by atoms with Crippen LogP contribution in [-0.2, 0) is 9.59 Å². The molecule has 0 bridgehead atoms. The van der Waals surface area contributed by atoms with Gasteiger partial charge in [-0.1, -0.05) is 72.3 Å². The van der Waals surface area contributed by atoms with Gasteiger partial charge in [0.15, 0.2) is 5.78 Å². The van der Waals surface area contributed by atoms with E-state index in [9.17, 15) is 14.4 Å². The molecule has 0 fully saturated rings. The summed E-state index contributed by atoms with van der Waals surface area (Å²) in [4.78, 5) is 41.2. The van der Waals surface area contributed by atoms with Crippen LogP contribution in [-0.4, -0.2) is 17.6 Å². The lowest BCUT2D eigenvalue weighted by molar-refractivity contribution is -0.120. The van der Waals surface area contributed by atoms with Gasteiger partial charge < -0.3 is 5.73 Å². The molecule has 5 heteroatoms. The molecule has 1 aliphatic heterocycles. The molecule has 2 aliphatic rings. The summed E-state index contributed by atoms with van der Waals surface area (Å²) in [6.45, 7) is 2.01. The second-order valence-electron chi connectivity index (χ2n) is 9.08. The number of nitrogens with zero attached hydrogens (tertiary/aromatic N) is 1. The van der Waals surface area contributed by atoms with E-state index in [1.807, 2.05) is 61.5 Å². The number of benzene rings is 3. The summed E-state index contributed by atoms with van der Waals surface area (Å²) in [5, 5.41) is 0. The van der Waals surface area contributed by atoms with Gasteiger partial charge in [0.2, 0.25) is 5.91 Å². The first-order valence-electron chi connectivity index (χ1n) is 11.5. The lowest BCUT2D eigenvalue weighted by Crippen LogP contribution is -2.42. The zero-order valence-electron chi connectivity index (χ0n) is 19.0. The number of hydrogen-bond donors (Lipinski definition) is 1. The molecule has 0 saturated heterocycles. The predicted octanol–water partition coefficient (Wildman–Crippen LogP) is 5.02. The monoisotopic (exact) mass is 450 g/mol. The summed E-state index contributed by atoms with van der Waals surface area (Å²) in [7, 11) is 0. The highest BCUT2D eigenvalue weighted by molar-refractivity contribution is 6.11. The molecule has 2 amide bonds. The number of carbonyl (C=O) groups excluding carboxylic acids is 3. The average molecular weight is 451 g/mol. The Morgan fingerprint density at radius 3 is 2.29 bits per heavy atom. The number of hydrogen-bond acceptors (Lipinski definition) is 3. The van der Waals surface area contributed by atoms with Crippen molar-refractivity contribution in [3.05, 3.63) is 112 Å². The fraction of sp³-hybridized carbons (Fsp3) is 0.207. The number of carbonyl (C=O) groups is 3. The minimum absolute atomic E-state index is 0.0419. The van der Waals surface area contributed by atoms with Crippen LogP contribution in [0.1, 0.15) is 58.1 Å². The molecule has 0 aromatic heterocycles. The van der Waals surface area contributed by atoms with Gasteiger partial charge in [0, 0.05) is 30.0 Å². The molecule has 2 atom stereocenters. The molecule has 170 valence electrons. The second kappa shape index (κ2) is 8.75. The Kier molecular flexibility index (Phi) is 5.62. The van der Waals surface area contributed by atoms with Crippen molar-refractivity contribution in [1.29, 1.82) is 0 Å². The average Bonchev–Trinajstić information content (AvgIpc) is 2.84. The maximum Gasteiger partial charge on any atom is 0.250 e. The number of para-hydroxylation sites is 1. The molecule has 3 aromatic rings. The maximum atomic E-state index is 13.7. The van der Waals surface area contributed by atoms with Gasteiger partial charge in [-0.2, -0.15) is 0 Å². The highest BCUT2D eigenvalue weighted by Gasteiger charge is 2.43. The molecule has 1 aliphatic carbocycles. The number of primary amides is 1. The molecule has 34 heavy (non-hydrogen) atoms. The Balaban J connectivity index is 1.70. The Hall–Kier alpha value is -3.99. The van der Waals surface area contributed by atoms with Crippen LogP contribution in [0.25, 0.3) is 0 Å². The molecule has 2 unspecified atom stereocenters. The molecule has 5 nitrogen and oxygen atoms in total. The van der Waals surface area contributed by atoms with Crippen molar-refractivity contribution in [3.8, 4) is 0 Å². The largest absolute Gasteiger partial charge is 0.366 e. The minimum atomic E-state index is -0.604. The quantitative estimate of drug-likeness (QED) is 0.606. The van der Waals surface area contributed by atoms with Gasteiger partial charge in [-0.3, -0.25) is 19.3 Å². The van der Waals surface area contributed by atoms with Crippen LogP contribution in [0.2, 0.25) is 0 Å². The van der Waals surface area contributed by atoms with Crippen LogP contribution in [0.5, 0.6) is 0 Å². The van der Waals surface area contributed by atoms with Crippen LogP contribution in [0, 0.1) is 6.92 Å². The van der Waals surface area contributed by atoms with Crippen molar-refractivity contribution in [1.82, 2.24) is 0 Å². The molecule has 0 spiro atoms. The Morgan fingerprint density at radius 1 is 0.853 bits per heavy atom. The van der Waals surface area contributed by atoms with Crippen LogP contribution < -0.4 is 10.6 Å². The molecule has 0 radical (unpaired) electrons. The summed E-state index contributed by atoms with van der Waals surface area (Å²) in [6, 6.07) is 24.8. The summed E-state index contributed by atoms with van der Waals surface area (Å²) in [6.07, 6.45) is 1.09. The number of ketones is 1. The highest BCUT2D eigenvalue weighted by atomic mass is 16.2. The summed E-state index contributed by atoms with van der Waals surface area (Å²) in [5.74, 6) is -1.03. The first-order valence-corrected chi connectivity index (χ1v) is 11.5. The SMILES string of the molecule is Cc1cccc(C2CC(=O)N(c3ccccc3C(N)=O)C3=C2C(=O)CC(c2ccccc2)C3)c1. The van der Waals surface area contributed by atoms with E-state index in [4.69, 9.17) is 5.73 Å². The number of amides is 2. The molecule has 1 heterocycles. The minimum Gasteiger partial charge on any atom is -0.366 e. The van der Waals surface area contributed by atoms with Gasteiger partial charge in [0.05, 0.1) is 11.3 Å². The Morgan fingerprint density at radius 2 is 1.56 bits per heavy atom. The smallest absolute Gasteiger partial charge is 0.250 e. The van der Waals surface area contributed by atoms with Gasteiger partial charge in [-0.25, -0.2) is 0 Å². The highest BCUT2D eigenvalue weighted by Crippen LogP contribution is 2.47. The molecular weight excluding hydrogens is 424 g/mol. The summed E-state index contributed by atoms with van der Waals surface area (Å²) < 4.78 is 0. The third-order valence-corrected chi connectivity index (χ3v) is 6.86. The topological polar surface area (TPSA) is 80.5 Å². The van der Waals surface area contributed by atoms with Crippen molar-refractivity contribution in [2.24, 2.45) is 5.73 Å². The van der Waals surface area contributed by atoms with E-state index >= 15 is 0 Å². The fourth-order valence-electron chi connectivity index (χ4n) is 5.32. The number of anilines is 1. The van der Waals surface area contributed by atoms with Crippen molar-refractivity contribution in [2.75, 3.05) is 4.90 Å². The number of rotatable bonds is 4. The summed E-state index contributed by atoms with van der Waals surface area (Å²) in [5.41, 5.74) is 10.8. The first-order chi connectivity index (χ1) is 16.4. The maximum absolute atomic E-state index is 13.7. The van der Waals surface area contributed by atoms with E-state index in [2.05, 4.69) is 0 Å². The number of aryl methyl sites for hydroxylation is 1. The van der Waals surface area contributed by atoms with Gasteiger partial charge in [-0.15, -0.1) is 0 Å². The van der Waals surface area contributed by atoms with E-state index < -0.39 is 5.91 Å². The molecule has 3 aromatic carbocycles. The zero-order chi connectivity index (χ0) is 23.8. The second-order valence-corrected chi connectivity index (χ2v) is 9.08. The zero-order valence-corrected chi connectivity index (χ0v) is 19.0. The van der Waals surface area contributed by atoms with Gasteiger partial charge in [-0.05, 0) is 42.5 Å². The van der Waals surface area contributed by atoms with E-state index in [0.29, 0.717) is 29.8 Å². The standard InChI is InChI=1S/C29H26N2O3/c1-18-8-7-11-20(14-18)23-17-27(33)31(24-13-6-5-12-22(24)29(30)34)25-15-21(16-26(32)28(23)25)19-9-3-2-4-10-19/h2-14,21,23H,15-17H2,1H3,(H2,30,34). The lowest BCUT2D eigenvalue weighted by Gasteiger charge is -2.41. The first kappa shape index (κ1) is 21.8. The lowest BCUT2D eigenvalue weighted by atomic mass is 9.72. The summed E-state index contributed by atoms with van der Waals surface area (Å²) >= 11 is 0. The van der Waals surface area contributed by atoms with Crippen LogP contribution in [0.15, 0.2) is 90.1 Å². The normalized spacial score (nSPS) is 20.3. The fourth-order valence-corrected chi connectivity index (χ4v) is 5.32. The predicted molar refractivity (Wildman–Crippen MR) is 131 cm³/mol. The third-order valence-electron chi connectivity index (χ3n) is 6.86. The van der Waals surface area contributed by atoms with E-state index in [0.717, 1.165) is 16.7 Å². The number of Topliss-reactive ketones (excluding diaryl/α,β-unsaturated/α-hetero) is 1. The Bertz CT molecular complexity index is 1330. The molecule has 5 rings (SSSR count).